The van der Waals surface area contributed by atoms with Gasteiger partial charge in [-0.25, -0.2) is 4.79 Å². The lowest BCUT2D eigenvalue weighted by atomic mass is 9.98. The van der Waals surface area contributed by atoms with Crippen LogP contribution in [-0.2, 0) is 9.53 Å². The van der Waals surface area contributed by atoms with Crippen molar-refractivity contribution in [2.45, 2.75) is 39.2 Å². The maximum Gasteiger partial charge on any atom is 0.410 e. The molecule has 1 aliphatic heterocycles. The third-order valence-electron chi connectivity index (χ3n) is 3.53. The Bertz CT molecular complexity index is 360. The smallest absolute Gasteiger partial charge is 0.410 e. The second kappa shape index (κ2) is 3.62. The molecule has 0 aromatic rings. The molecular formula is C12H19NO4. The van der Waals surface area contributed by atoms with Crippen molar-refractivity contribution in [3.05, 3.63) is 0 Å². The van der Waals surface area contributed by atoms with Gasteiger partial charge in [0, 0.05) is 13.1 Å². The number of fused-ring (bicyclic) bond motifs is 1. The average Bonchev–Trinajstić information content (AvgIpc) is 2.88. The zero-order valence-electron chi connectivity index (χ0n) is 10.5. The van der Waals surface area contributed by atoms with Gasteiger partial charge >= 0.3 is 12.1 Å². The summed E-state index contributed by atoms with van der Waals surface area (Å²) in [5.74, 6) is -0.533. The molecule has 2 atom stereocenters. The predicted octanol–water partition coefficient (Wildman–Crippen LogP) is 1.72. The van der Waals surface area contributed by atoms with Crippen LogP contribution >= 0.6 is 0 Å². The van der Waals surface area contributed by atoms with Gasteiger partial charge in [-0.3, -0.25) is 4.79 Å². The number of piperidine rings is 1. The fourth-order valence-corrected chi connectivity index (χ4v) is 2.50. The van der Waals surface area contributed by atoms with Crippen LogP contribution in [0.15, 0.2) is 0 Å². The van der Waals surface area contributed by atoms with Gasteiger partial charge < -0.3 is 14.7 Å². The molecule has 5 heteroatoms. The van der Waals surface area contributed by atoms with Crippen LogP contribution in [0.2, 0.25) is 0 Å². The van der Waals surface area contributed by atoms with E-state index in [2.05, 4.69) is 0 Å². The number of carbonyl (C=O) groups is 2. The number of aliphatic carboxylic acids is 1. The van der Waals surface area contributed by atoms with E-state index in [-0.39, 0.29) is 5.92 Å². The molecule has 2 fully saturated rings. The number of amides is 1. The van der Waals surface area contributed by atoms with Crippen molar-refractivity contribution in [2.24, 2.45) is 11.3 Å². The molecule has 0 aromatic carbocycles. The maximum atomic E-state index is 11.9. The largest absolute Gasteiger partial charge is 0.481 e. The molecule has 96 valence electrons. The van der Waals surface area contributed by atoms with Gasteiger partial charge in [0.15, 0.2) is 0 Å². The molecule has 5 nitrogen and oxygen atoms in total. The Morgan fingerprint density at radius 3 is 2.59 bits per heavy atom. The van der Waals surface area contributed by atoms with Gasteiger partial charge in [0.2, 0.25) is 0 Å². The minimum atomic E-state index is -0.782. The van der Waals surface area contributed by atoms with Gasteiger partial charge in [-0.05, 0) is 39.5 Å². The van der Waals surface area contributed by atoms with Crippen LogP contribution in [0.5, 0.6) is 0 Å². The minimum Gasteiger partial charge on any atom is -0.481 e. The van der Waals surface area contributed by atoms with Crippen molar-refractivity contribution in [3.8, 4) is 0 Å². The Morgan fingerprint density at radius 1 is 1.41 bits per heavy atom. The summed E-state index contributed by atoms with van der Waals surface area (Å²) in [5.41, 5.74) is -1.22. The fraction of sp³-hybridized carbons (Fsp3) is 0.833. The highest BCUT2D eigenvalue weighted by molar-refractivity contribution is 5.80. The Balaban J connectivity index is 2.00. The molecule has 0 spiro atoms. The first kappa shape index (κ1) is 12.2. The fourth-order valence-electron chi connectivity index (χ4n) is 2.50. The molecule has 1 heterocycles. The zero-order chi connectivity index (χ0) is 12.8. The number of ether oxygens (including phenoxy) is 1. The molecule has 0 unspecified atom stereocenters. The normalized spacial score (nSPS) is 31.7. The van der Waals surface area contributed by atoms with E-state index in [1.807, 2.05) is 20.8 Å². The monoisotopic (exact) mass is 241 g/mol. The van der Waals surface area contributed by atoms with Crippen molar-refractivity contribution in [1.29, 1.82) is 0 Å². The topological polar surface area (TPSA) is 66.8 Å². The summed E-state index contributed by atoms with van der Waals surface area (Å²) in [6, 6.07) is 0. The SMILES string of the molecule is CC(C)(C)OC(=O)N1CC[C@H]2C[C@@]2(C(=O)O)C1. The third kappa shape index (κ3) is 2.23. The van der Waals surface area contributed by atoms with Crippen LogP contribution in [0.1, 0.15) is 33.6 Å². The highest BCUT2D eigenvalue weighted by Gasteiger charge is 2.63. The van der Waals surface area contributed by atoms with E-state index in [1.54, 1.807) is 0 Å². The number of carbonyl (C=O) groups excluding carboxylic acids is 1. The molecule has 0 radical (unpaired) electrons. The van der Waals surface area contributed by atoms with E-state index in [0.717, 1.165) is 6.42 Å². The number of likely N-dealkylation sites (tertiary alicyclic amines) is 1. The Hall–Kier alpha value is -1.26. The first-order chi connectivity index (χ1) is 7.74. The van der Waals surface area contributed by atoms with E-state index in [4.69, 9.17) is 4.74 Å². The summed E-state index contributed by atoms with van der Waals surface area (Å²) in [5, 5.41) is 9.19. The van der Waals surface area contributed by atoms with E-state index in [1.165, 1.54) is 4.90 Å². The standard InChI is InChI=1S/C12H19NO4/c1-11(2,3)17-10(16)13-5-4-8-6-12(8,7-13)9(14)15/h8H,4-7H2,1-3H3,(H,14,15)/t8-,12+/m0/s1. The summed E-state index contributed by atoms with van der Waals surface area (Å²) in [6.07, 6.45) is 1.07. The molecule has 1 saturated heterocycles. The maximum absolute atomic E-state index is 11.9. The second-order valence-electron chi connectivity index (χ2n) is 6.05. The van der Waals surface area contributed by atoms with Gasteiger partial charge in [-0.2, -0.15) is 0 Å². The Labute approximate surface area is 101 Å². The van der Waals surface area contributed by atoms with Gasteiger partial charge in [-0.1, -0.05) is 0 Å². The van der Waals surface area contributed by atoms with Crippen molar-refractivity contribution < 1.29 is 19.4 Å². The minimum absolute atomic E-state index is 0.249. The van der Waals surface area contributed by atoms with Crippen LogP contribution in [-0.4, -0.2) is 40.8 Å². The van der Waals surface area contributed by atoms with E-state index >= 15 is 0 Å². The summed E-state index contributed by atoms with van der Waals surface area (Å²) in [4.78, 5) is 24.6. The number of nitrogens with zero attached hydrogens (tertiary/aromatic N) is 1. The van der Waals surface area contributed by atoms with Crippen LogP contribution in [0, 0.1) is 11.3 Å². The zero-order valence-corrected chi connectivity index (χ0v) is 10.5. The molecule has 2 rings (SSSR count). The second-order valence-corrected chi connectivity index (χ2v) is 6.05. The first-order valence-electron chi connectivity index (χ1n) is 5.96. The molecular weight excluding hydrogens is 222 g/mol. The van der Waals surface area contributed by atoms with E-state index in [0.29, 0.717) is 19.5 Å². The quantitative estimate of drug-likeness (QED) is 0.759. The third-order valence-corrected chi connectivity index (χ3v) is 3.53. The van der Waals surface area contributed by atoms with E-state index < -0.39 is 23.1 Å². The molecule has 1 saturated carbocycles. The van der Waals surface area contributed by atoms with Gasteiger partial charge in [0.05, 0.1) is 5.41 Å². The number of carboxylic acids is 1. The number of rotatable bonds is 1. The lowest BCUT2D eigenvalue weighted by molar-refractivity contribution is -0.145. The van der Waals surface area contributed by atoms with Crippen LogP contribution < -0.4 is 0 Å². The lowest BCUT2D eigenvalue weighted by Gasteiger charge is -2.32. The number of carboxylic acid groups (broad SMARTS) is 1. The lowest BCUT2D eigenvalue weighted by Crippen LogP contribution is -2.45. The number of hydrogen-bond acceptors (Lipinski definition) is 3. The molecule has 1 aliphatic carbocycles. The Kier molecular flexibility index (Phi) is 2.60. The van der Waals surface area contributed by atoms with Crippen molar-refractivity contribution in [2.75, 3.05) is 13.1 Å². The Morgan fingerprint density at radius 2 is 2.06 bits per heavy atom. The van der Waals surface area contributed by atoms with Gasteiger partial charge in [-0.15, -0.1) is 0 Å². The summed E-state index contributed by atoms with van der Waals surface area (Å²) in [6.45, 7) is 6.32. The van der Waals surface area contributed by atoms with Crippen LogP contribution in [0.4, 0.5) is 4.79 Å². The first-order valence-corrected chi connectivity index (χ1v) is 5.96. The van der Waals surface area contributed by atoms with Crippen LogP contribution in [0.3, 0.4) is 0 Å². The highest BCUT2D eigenvalue weighted by Crippen LogP contribution is 2.57. The van der Waals surface area contributed by atoms with Crippen molar-refractivity contribution in [1.82, 2.24) is 4.90 Å². The van der Waals surface area contributed by atoms with Gasteiger partial charge in [0.25, 0.3) is 0 Å². The molecule has 2 aliphatic rings. The van der Waals surface area contributed by atoms with Crippen LogP contribution in [0.25, 0.3) is 0 Å². The molecule has 17 heavy (non-hydrogen) atoms. The predicted molar refractivity (Wildman–Crippen MR) is 60.6 cm³/mol. The molecule has 1 N–H and O–H groups in total. The molecule has 0 bridgehead atoms. The van der Waals surface area contributed by atoms with Gasteiger partial charge in [0.1, 0.15) is 5.60 Å². The van der Waals surface area contributed by atoms with E-state index in [9.17, 15) is 14.7 Å². The number of hydrogen-bond donors (Lipinski definition) is 1. The summed E-state index contributed by atoms with van der Waals surface area (Å²) in [7, 11) is 0. The summed E-state index contributed by atoms with van der Waals surface area (Å²) < 4.78 is 5.26. The van der Waals surface area contributed by atoms with Crippen molar-refractivity contribution >= 4 is 12.1 Å². The average molecular weight is 241 g/mol. The van der Waals surface area contributed by atoms with Crippen molar-refractivity contribution in [3.63, 3.8) is 0 Å². The molecule has 1 amide bonds. The highest BCUT2D eigenvalue weighted by atomic mass is 16.6. The molecule has 0 aromatic heterocycles. The summed E-state index contributed by atoms with van der Waals surface area (Å²) >= 11 is 0.